The number of benzene rings is 1. The maximum absolute atomic E-state index is 13.9. The summed E-state index contributed by atoms with van der Waals surface area (Å²) in [6, 6.07) is 1.38. The fourth-order valence-corrected chi connectivity index (χ4v) is 6.53. The molecular formula is C22H31F2N5O4S. The molecule has 2 aliphatic heterocycles. The number of aromatic nitrogens is 2. The lowest BCUT2D eigenvalue weighted by Gasteiger charge is -2.41. The first-order valence-corrected chi connectivity index (χ1v) is 12.9. The molecule has 3 unspecified atom stereocenters. The molecule has 0 N–H and O–H groups in total. The van der Waals surface area contributed by atoms with Gasteiger partial charge in [0, 0.05) is 51.4 Å². The first kappa shape index (κ1) is 25.0. The van der Waals surface area contributed by atoms with E-state index in [9.17, 15) is 22.0 Å². The summed E-state index contributed by atoms with van der Waals surface area (Å²) in [5, 5.41) is 0. The van der Waals surface area contributed by atoms with E-state index in [1.807, 2.05) is 27.7 Å². The van der Waals surface area contributed by atoms with Crippen molar-refractivity contribution in [1.82, 2.24) is 23.1 Å². The quantitative estimate of drug-likeness (QED) is 0.628. The van der Waals surface area contributed by atoms with Crippen molar-refractivity contribution in [2.24, 2.45) is 5.92 Å². The van der Waals surface area contributed by atoms with Gasteiger partial charge in [0.1, 0.15) is 6.04 Å². The highest BCUT2D eigenvalue weighted by Crippen LogP contribution is 2.28. The number of amides is 1. The van der Waals surface area contributed by atoms with E-state index >= 15 is 0 Å². The van der Waals surface area contributed by atoms with Crippen molar-refractivity contribution in [2.75, 3.05) is 39.3 Å². The molecule has 3 heterocycles. The number of piperazine rings is 1. The van der Waals surface area contributed by atoms with E-state index < -0.39 is 27.9 Å². The second-order valence-corrected chi connectivity index (χ2v) is 11.3. The number of hydrogen-bond donors (Lipinski definition) is 0. The Morgan fingerprint density at radius 1 is 1.03 bits per heavy atom. The van der Waals surface area contributed by atoms with Crippen LogP contribution in [0.5, 0.6) is 0 Å². The van der Waals surface area contributed by atoms with Crippen molar-refractivity contribution in [1.29, 1.82) is 0 Å². The van der Waals surface area contributed by atoms with Crippen LogP contribution in [0.15, 0.2) is 18.5 Å². The molecule has 9 nitrogen and oxygen atoms in total. The maximum Gasteiger partial charge on any atom is 0.282 e. The van der Waals surface area contributed by atoms with Crippen LogP contribution < -0.4 is 0 Å². The molecule has 1 aromatic heterocycles. The van der Waals surface area contributed by atoms with Crippen LogP contribution in [-0.2, 0) is 19.7 Å². The minimum absolute atomic E-state index is 0.156. The number of nitrogens with zero attached hydrogens (tertiary/aromatic N) is 5. The predicted molar refractivity (Wildman–Crippen MR) is 122 cm³/mol. The molecular weight excluding hydrogens is 468 g/mol. The van der Waals surface area contributed by atoms with Gasteiger partial charge in [-0.05, 0) is 19.8 Å². The van der Waals surface area contributed by atoms with Crippen molar-refractivity contribution in [3.05, 3.63) is 30.1 Å². The number of ether oxygens (including phenoxy) is 1. The Morgan fingerprint density at radius 2 is 1.62 bits per heavy atom. The SMILES string of the molecule is CC1CN(S(=O)(=O)N2CCN(C(=O)C(C(C)C)n3cnc4cc(F)c(F)cc43)CC2)CC(C)O1. The minimum Gasteiger partial charge on any atom is -0.373 e. The zero-order chi connectivity index (χ0) is 24.8. The van der Waals surface area contributed by atoms with Crippen LogP contribution in [0.2, 0.25) is 0 Å². The highest BCUT2D eigenvalue weighted by atomic mass is 32.2. The Hall–Kier alpha value is -2.15. The summed E-state index contributed by atoms with van der Waals surface area (Å²) in [6.07, 6.45) is 1.06. The highest BCUT2D eigenvalue weighted by molar-refractivity contribution is 7.86. The number of rotatable bonds is 5. The van der Waals surface area contributed by atoms with Gasteiger partial charge in [-0.3, -0.25) is 4.79 Å². The van der Waals surface area contributed by atoms with E-state index in [0.717, 1.165) is 12.1 Å². The fourth-order valence-electron chi connectivity index (χ4n) is 4.78. The monoisotopic (exact) mass is 499 g/mol. The maximum atomic E-state index is 13.9. The van der Waals surface area contributed by atoms with Crippen LogP contribution >= 0.6 is 0 Å². The number of imidazole rings is 1. The molecule has 0 saturated carbocycles. The molecule has 2 aromatic rings. The van der Waals surface area contributed by atoms with Gasteiger partial charge in [-0.2, -0.15) is 17.0 Å². The Bertz CT molecular complexity index is 1150. The van der Waals surface area contributed by atoms with E-state index in [2.05, 4.69) is 4.98 Å². The molecule has 0 spiro atoms. The summed E-state index contributed by atoms with van der Waals surface area (Å²) in [7, 11) is -3.66. The third-order valence-corrected chi connectivity index (χ3v) is 8.36. The van der Waals surface area contributed by atoms with Crippen molar-refractivity contribution < 1.29 is 26.7 Å². The van der Waals surface area contributed by atoms with E-state index in [1.54, 1.807) is 9.47 Å². The zero-order valence-electron chi connectivity index (χ0n) is 19.8. The van der Waals surface area contributed by atoms with Crippen molar-refractivity contribution in [3.63, 3.8) is 0 Å². The fraction of sp³-hybridized carbons (Fsp3) is 0.636. The standard InChI is InChI=1S/C22H31F2N5O4S/c1-14(2)21(29-13-25-19-9-17(23)18(24)10-20(19)29)22(30)26-5-7-27(8-6-26)34(31,32)28-11-15(3)33-16(4)12-28/h9-10,13-16,21H,5-8,11-12H2,1-4H3. The van der Waals surface area contributed by atoms with E-state index in [4.69, 9.17) is 4.74 Å². The Balaban J connectivity index is 1.49. The summed E-state index contributed by atoms with van der Waals surface area (Å²) in [5.74, 6) is -2.36. The second-order valence-electron chi connectivity index (χ2n) is 9.40. The van der Waals surface area contributed by atoms with Gasteiger partial charge in [-0.25, -0.2) is 13.8 Å². The molecule has 2 fully saturated rings. The van der Waals surface area contributed by atoms with Gasteiger partial charge in [-0.1, -0.05) is 13.8 Å². The molecule has 188 valence electrons. The van der Waals surface area contributed by atoms with E-state index in [-0.39, 0.29) is 55.7 Å². The third kappa shape index (κ3) is 4.68. The molecule has 3 atom stereocenters. The molecule has 12 heteroatoms. The van der Waals surface area contributed by atoms with Crippen LogP contribution in [-0.4, -0.2) is 88.9 Å². The van der Waals surface area contributed by atoms with Gasteiger partial charge >= 0.3 is 0 Å². The van der Waals surface area contributed by atoms with Crippen LogP contribution in [0.4, 0.5) is 8.78 Å². The van der Waals surface area contributed by atoms with Gasteiger partial charge in [-0.15, -0.1) is 0 Å². The number of carbonyl (C=O) groups excluding carboxylic acids is 1. The summed E-state index contributed by atoms with van der Waals surface area (Å²) in [4.78, 5) is 19.3. The predicted octanol–water partition coefficient (Wildman–Crippen LogP) is 2.01. The Labute approximate surface area is 198 Å². The van der Waals surface area contributed by atoms with Gasteiger partial charge in [0.15, 0.2) is 11.6 Å². The molecule has 0 radical (unpaired) electrons. The third-order valence-electron chi connectivity index (χ3n) is 6.39. The van der Waals surface area contributed by atoms with Gasteiger partial charge in [0.25, 0.3) is 10.2 Å². The lowest BCUT2D eigenvalue weighted by molar-refractivity contribution is -0.137. The van der Waals surface area contributed by atoms with Crippen LogP contribution in [0.3, 0.4) is 0 Å². The first-order valence-electron chi connectivity index (χ1n) is 11.5. The number of morpholine rings is 1. The van der Waals surface area contributed by atoms with Crippen LogP contribution in [0.1, 0.15) is 33.7 Å². The smallest absolute Gasteiger partial charge is 0.282 e. The van der Waals surface area contributed by atoms with E-state index in [0.29, 0.717) is 18.6 Å². The molecule has 2 saturated heterocycles. The number of carbonyl (C=O) groups is 1. The van der Waals surface area contributed by atoms with Crippen molar-refractivity contribution in [3.8, 4) is 0 Å². The van der Waals surface area contributed by atoms with Gasteiger partial charge < -0.3 is 14.2 Å². The number of hydrogen-bond acceptors (Lipinski definition) is 5. The van der Waals surface area contributed by atoms with Crippen LogP contribution in [0, 0.1) is 17.6 Å². The number of fused-ring (bicyclic) bond motifs is 1. The molecule has 0 aliphatic carbocycles. The second kappa shape index (κ2) is 9.48. The molecule has 1 amide bonds. The van der Waals surface area contributed by atoms with Crippen molar-refractivity contribution >= 4 is 27.1 Å². The van der Waals surface area contributed by atoms with E-state index in [1.165, 1.54) is 14.9 Å². The summed E-state index contributed by atoms with van der Waals surface area (Å²) in [6.45, 7) is 8.89. The topological polar surface area (TPSA) is 88.0 Å². The summed E-state index contributed by atoms with van der Waals surface area (Å²) in [5.41, 5.74) is 0.602. The summed E-state index contributed by atoms with van der Waals surface area (Å²) < 4.78 is 63.9. The molecule has 4 rings (SSSR count). The average Bonchev–Trinajstić information content (AvgIpc) is 3.15. The highest BCUT2D eigenvalue weighted by Gasteiger charge is 2.39. The minimum atomic E-state index is -3.66. The molecule has 0 bridgehead atoms. The largest absolute Gasteiger partial charge is 0.373 e. The lowest BCUT2D eigenvalue weighted by Crippen LogP contribution is -2.58. The van der Waals surface area contributed by atoms with Gasteiger partial charge in [0.05, 0.1) is 29.6 Å². The average molecular weight is 500 g/mol. The Kier molecular flexibility index (Phi) is 6.96. The number of halogens is 2. The lowest BCUT2D eigenvalue weighted by atomic mass is 10.0. The van der Waals surface area contributed by atoms with Crippen LogP contribution in [0.25, 0.3) is 11.0 Å². The Morgan fingerprint density at radius 3 is 2.21 bits per heavy atom. The molecule has 2 aliphatic rings. The molecule has 34 heavy (non-hydrogen) atoms. The molecule has 1 aromatic carbocycles. The summed E-state index contributed by atoms with van der Waals surface area (Å²) >= 11 is 0. The van der Waals surface area contributed by atoms with Gasteiger partial charge in [0.2, 0.25) is 5.91 Å². The zero-order valence-corrected chi connectivity index (χ0v) is 20.6. The normalized spacial score (nSPS) is 24.1. The van der Waals surface area contributed by atoms with Crippen molar-refractivity contribution in [2.45, 2.75) is 45.9 Å². The first-order chi connectivity index (χ1) is 16.0.